The lowest BCUT2D eigenvalue weighted by Crippen LogP contribution is -2.81. The van der Waals surface area contributed by atoms with Gasteiger partial charge in [-0.25, -0.2) is 0 Å². The molecule has 0 aliphatic carbocycles. The third-order valence-electron chi connectivity index (χ3n) is 5.79. The maximum atomic E-state index is 13.5. The summed E-state index contributed by atoms with van der Waals surface area (Å²) in [5.74, 6) is 0.00759. The number of aromatic nitrogens is 1. The fraction of sp³-hybridized carbons (Fsp3) is 0.409. The number of amides is 2. The van der Waals surface area contributed by atoms with E-state index in [0.29, 0.717) is 24.7 Å². The summed E-state index contributed by atoms with van der Waals surface area (Å²) < 4.78 is 0. The predicted molar refractivity (Wildman–Crippen MR) is 113 cm³/mol. The molecule has 0 radical (unpaired) electrons. The first-order valence-electron chi connectivity index (χ1n) is 9.83. The van der Waals surface area contributed by atoms with E-state index in [9.17, 15) is 9.59 Å². The van der Waals surface area contributed by atoms with Crippen molar-refractivity contribution < 1.29 is 9.59 Å². The Kier molecular flexibility index (Phi) is 4.99. The quantitative estimate of drug-likeness (QED) is 0.774. The second-order valence-electron chi connectivity index (χ2n) is 8.24. The zero-order valence-electron chi connectivity index (χ0n) is 16.9. The molecule has 0 bridgehead atoms. The van der Waals surface area contributed by atoms with Crippen molar-refractivity contribution in [1.82, 2.24) is 14.8 Å². The number of nitrogens with zero attached hydrogens (tertiary/aromatic N) is 4. The van der Waals surface area contributed by atoms with Crippen molar-refractivity contribution in [2.45, 2.75) is 38.9 Å². The van der Waals surface area contributed by atoms with Crippen LogP contribution in [0, 0.1) is 6.92 Å². The Morgan fingerprint density at radius 3 is 2.45 bits per heavy atom. The molecule has 152 valence electrons. The van der Waals surface area contributed by atoms with Crippen molar-refractivity contribution in [3.05, 3.63) is 58.9 Å². The highest BCUT2D eigenvalue weighted by Gasteiger charge is 2.59. The van der Waals surface area contributed by atoms with Gasteiger partial charge in [-0.05, 0) is 50.1 Å². The van der Waals surface area contributed by atoms with Crippen molar-refractivity contribution in [3.63, 3.8) is 0 Å². The van der Waals surface area contributed by atoms with Gasteiger partial charge in [0.2, 0.25) is 5.91 Å². The normalized spacial score (nSPS) is 18.6. The second kappa shape index (κ2) is 7.34. The summed E-state index contributed by atoms with van der Waals surface area (Å²) in [6, 6.07) is 9.47. The van der Waals surface area contributed by atoms with Gasteiger partial charge in [-0.3, -0.25) is 14.6 Å². The lowest BCUT2D eigenvalue weighted by Gasteiger charge is -2.59. The maximum absolute atomic E-state index is 13.5. The third-order valence-corrected chi connectivity index (χ3v) is 6.04. The first kappa shape index (κ1) is 19.7. The molecule has 2 amide bonds. The zero-order chi connectivity index (χ0) is 20.8. The highest BCUT2D eigenvalue weighted by Crippen LogP contribution is 2.38. The molecule has 6 nitrogen and oxygen atoms in total. The topological polar surface area (TPSA) is 56.8 Å². The third kappa shape index (κ3) is 3.46. The molecule has 3 heterocycles. The number of anilines is 1. The minimum atomic E-state index is -0.844. The van der Waals surface area contributed by atoms with Gasteiger partial charge in [0.05, 0.1) is 25.0 Å². The van der Waals surface area contributed by atoms with Crippen molar-refractivity contribution in [3.8, 4) is 0 Å². The standard InChI is InChI=1S/C22H25ClN4O2/c1-15(2)26-12-20(28)27(11-17-4-6-18(23)7-5-17)22(21(26)29)13-25(14-22)19-8-16(3)9-24-10-19/h4-10,15H,11-14H2,1-3H3. The lowest BCUT2D eigenvalue weighted by molar-refractivity contribution is -0.170. The van der Waals surface area contributed by atoms with Crippen LogP contribution in [0.5, 0.6) is 0 Å². The summed E-state index contributed by atoms with van der Waals surface area (Å²) in [6.07, 6.45) is 3.61. The first-order chi connectivity index (χ1) is 13.8. The fourth-order valence-corrected chi connectivity index (χ4v) is 4.26. The fourth-order valence-electron chi connectivity index (χ4n) is 4.14. The monoisotopic (exact) mass is 412 g/mol. The number of piperazine rings is 1. The Morgan fingerprint density at radius 1 is 1.14 bits per heavy atom. The van der Waals surface area contributed by atoms with Gasteiger partial charge in [0.15, 0.2) is 5.54 Å². The van der Waals surface area contributed by atoms with Crippen LogP contribution >= 0.6 is 11.6 Å². The molecule has 0 unspecified atom stereocenters. The molecule has 0 saturated carbocycles. The minimum absolute atomic E-state index is 0.0179. The lowest BCUT2D eigenvalue weighted by atomic mass is 9.82. The summed E-state index contributed by atoms with van der Waals surface area (Å²) in [4.78, 5) is 36.4. The SMILES string of the molecule is Cc1cncc(N2CC3(C2)C(=O)N(C(C)C)CC(=O)N3Cc2ccc(Cl)cc2)c1. The molecule has 2 aliphatic heterocycles. The summed E-state index contributed by atoms with van der Waals surface area (Å²) in [5.41, 5.74) is 2.16. The number of rotatable bonds is 4. The van der Waals surface area contributed by atoms with Crippen molar-refractivity contribution in [2.75, 3.05) is 24.5 Å². The van der Waals surface area contributed by atoms with Gasteiger partial charge in [-0.2, -0.15) is 0 Å². The van der Waals surface area contributed by atoms with Crippen molar-refractivity contribution >= 4 is 29.1 Å². The molecular weight excluding hydrogens is 388 g/mol. The number of halogens is 1. The van der Waals surface area contributed by atoms with E-state index in [4.69, 9.17) is 11.6 Å². The van der Waals surface area contributed by atoms with E-state index in [1.807, 2.05) is 51.2 Å². The van der Waals surface area contributed by atoms with E-state index in [1.165, 1.54) is 0 Å². The maximum Gasteiger partial charge on any atom is 0.252 e. The van der Waals surface area contributed by atoms with Gasteiger partial charge in [-0.15, -0.1) is 0 Å². The van der Waals surface area contributed by atoms with Crippen LogP contribution in [0.25, 0.3) is 0 Å². The summed E-state index contributed by atoms with van der Waals surface area (Å²) in [5, 5.41) is 0.650. The summed E-state index contributed by atoms with van der Waals surface area (Å²) >= 11 is 6.00. The van der Waals surface area contributed by atoms with E-state index in [2.05, 4.69) is 16.0 Å². The molecule has 2 saturated heterocycles. The van der Waals surface area contributed by atoms with Crippen molar-refractivity contribution in [1.29, 1.82) is 0 Å². The molecule has 1 spiro atoms. The number of carbonyl (C=O) groups excluding carboxylic acids is 2. The number of hydrogen-bond donors (Lipinski definition) is 0. The average Bonchev–Trinajstić information content (AvgIpc) is 2.64. The van der Waals surface area contributed by atoms with Gasteiger partial charge in [-0.1, -0.05) is 23.7 Å². The Hall–Kier alpha value is -2.60. The van der Waals surface area contributed by atoms with E-state index in [1.54, 1.807) is 16.0 Å². The average molecular weight is 413 g/mol. The van der Waals surface area contributed by atoms with E-state index >= 15 is 0 Å². The van der Waals surface area contributed by atoms with E-state index in [0.717, 1.165) is 16.8 Å². The van der Waals surface area contributed by atoms with Crippen LogP contribution in [0.2, 0.25) is 5.02 Å². The summed E-state index contributed by atoms with van der Waals surface area (Å²) in [6.45, 7) is 7.36. The highest BCUT2D eigenvalue weighted by atomic mass is 35.5. The van der Waals surface area contributed by atoms with E-state index < -0.39 is 5.54 Å². The Balaban J connectivity index is 1.64. The molecule has 29 heavy (non-hydrogen) atoms. The Morgan fingerprint density at radius 2 is 1.83 bits per heavy atom. The molecule has 4 rings (SSSR count). The van der Waals surface area contributed by atoms with Gasteiger partial charge in [0, 0.05) is 23.8 Å². The number of benzene rings is 1. The van der Waals surface area contributed by atoms with Gasteiger partial charge < -0.3 is 14.7 Å². The number of hydrogen-bond acceptors (Lipinski definition) is 4. The zero-order valence-corrected chi connectivity index (χ0v) is 17.7. The first-order valence-corrected chi connectivity index (χ1v) is 10.2. The minimum Gasteiger partial charge on any atom is -0.364 e. The number of carbonyl (C=O) groups is 2. The largest absolute Gasteiger partial charge is 0.364 e. The van der Waals surface area contributed by atoms with Crippen LogP contribution in [0.3, 0.4) is 0 Å². The molecule has 1 aromatic heterocycles. The van der Waals surface area contributed by atoms with Crippen LogP contribution in [-0.2, 0) is 16.1 Å². The number of pyridine rings is 1. The van der Waals surface area contributed by atoms with Gasteiger partial charge in [0.25, 0.3) is 5.91 Å². The second-order valence-corrected chi connectivity index (χ2v) is 8.68. The Bertz CT molecular complexity index is 938. The molecular formula is C22H25ClN4O2. The van der Waals surface area contributed by atoms with Crippen LogP contribution in [0.15, 0.2) is 42.7 Å². The van der Waals surface area contributed by atoms with Crippen LogP contribution in [-0.4, -0.2) is 57.8 Å². The molecule has 0 N–H and O–H groups in total. The smallest absolute Gasteiger partial charge is 0.252 e. The number of aryl methyl sites for hydroxylation is 1. The molecule has 7 heteroatoms. The Labute approximate surface area is 176 Å². The molecule has 0 atom stereocenters. The predicted octanol–water partition coefficient (Wildman–Crippen LogP) is 2.88. The van der Waals surface area contributed by atoms with Crippen LogP contribution < -0.4 is 4.90 Å². The van der Waals surface area contributed by atoms with Crippen LogP contribution in [0.4, 0.5) is 5.69 Å². The highest BCUT2D eigenvalue weighted by molar-refractivity contribution is 6.30. The molecule has 2 aromatic rings. The van der Waals surface area contributed by atoms with Gasteiger partial charge >= 0.3 is 0 Å². The van der Waals surface area contributed by atoms with Crippen molar-refractivity contribution in [2.24, 2.45) is 0 Å². The van der Waals surface area contributed by atoms with Gasteiger partial charge in [0.1, 0.15) is 6.54 Å². The van der Waals surface area contributed by atoms with E-state index in [-0.39, 0.29) is 24.4 Å². The molecule has 1 aromatic carbocycles. The van der Waals surface area contributed by atoms with Crippen LogP contribution in [0.1, 0.15) is 25.0 Å². The molecule has 2 aliphatic rings. The molecule has 2 fully saturated rings. The summed E-state index contributed by atoms with van der Waals surface area (Å²) in [7, 11) is 0.